The molecule has 1 aliphatic carbocycles. The second-order valence-electron chi connectivity index (χ2n) is 4.26. The van der Waals surface area contributed by atoms with E-state index < -0.39 is 17.2 Å². The molecule has 2 rings (SSSR count). The highest BCUT2D eigenvalue weighted by Gasteiger charge is 2.45. The molecule has 1 saturated carbocycles. The van der Waals surface area contributed by atoms with Gasteiger partial charge < -0.3 is 5.11 Å². The molecule has 15 heavy (non-hydrogen) atoms. The van der Waals surface area contributed by atoms with Crippen LogP contribution in [0.5, 0.6) is 0 Å². The molecular formula is C11H11BrF2O. The molecular weight excluding hydrogens is 266 g/mol. The first kappa shape index (κ1) is 11.0. The maximum Gasteiger partial charge on any atom is 0.146 e. The Morgan fingerprint density at radius 2 is 2.00 bits per heavy atom. The summed E-state index contributed by atoms with van der Waals surface area (Å²) in [4.78, 5) is 0. The number of halogens is 3. The van der Waals surface area contributed by atoms with Crippen molar-refractivity contribution in [3.05, 3.63) is 33.8 Å². The lowest BCUT2D eigenvalue weighted by molar-refractivity contribution is -0.0789. The molecule has 0 aromatic heterocycles. The van der Waals surface area contributed by atoms with Gasteiger partial charge in [-0.25, -0.2) is 8.78 Å². The Morgan fingerprint density at radius 1 is 1.40 bits per heavy atom. The minimum absolute atomic E-state index is 0.187. The van der Waals surface area contributed by atoms with Crippen molar-refractivity contribution in [2.75, 3.05) is 0 Å². The van der Waals surface area contributed by atoms with Gasteiger partial charge in [-0.15, -0.1) is 0 Å². The highest BCUT2D eigenvalue weighted by molar-refractivity contribution is 9.10. The quantitative estimate of drug-likeness (QED) is 0.780. The number of rotatable bonds is 1. The van der Waals surface area contributed by atoms with E-state index in [2.05, 4.69) is 15.9 Å². The number of benzene rings is 1. The van der Waals surface area contributed by atoms with Gasteiger partial charge in [-0.05, 0) is 46.8 Å². The van der Waals surface area contributed by atoms with Crippen LogP contribution in [0, 0.1) is 17.6 Å². The largest absolute Gasteiger partial charge is 0.385 e. The monoisotopic (exact) mass is 276 g/mol. The Morgan fingerprint density at radius 3 is 2.53 bits per heavy atom. The first-order valence-electron chi connectivity index (χ1n) is 4.80. The molecule has 0 radical (unpaired) electrons. The fourth-order valence-corrected chi connectivity index (χ4v) is 2.58. The average molecular weight is 277 g/mol. The lowest BCUT2D eigenvalue weighted by atomic mass is 9.68. The molecule has 0 bridgehead atoms. The molecule has 0 amide bonds. The van der Waals surface area contributed by atoms with Crippen molar-refractivity contribution in [2.45, 2.75) is 25.4 Å². The van der Waals surface area contributed by atoms with Crippen molar-refractivity contribution in [3.63, 3.8) is 0 Å². The van der Waals surface area contributed by atoms with E-state index in [1.54, 1.807) is 0 Å². The third-order valence-electron chi connectivity index (χ3n) is 2.88. The first-order chi connectivity index (χ1) is 6.94. The number of hydrogen-bond donors (Lipinski definition) is 1. The first-order valence-corrected chi connectivity index (χ1v) is 5.60. The molecule has 82 valence electrons. The summed E-state index contributed by atoms with van der Waals surface area (Å²) in [5, 5.41) is 10.0. The molecule has 0 heterocycles. The molecule has 1 nitrogen and oxygen atoms in total. The Bertz CT molecular complexity index is 400. The molecule has 0 atom stereocenters. The molecule has 1 aromatic carbocycles. The summed E-state index contributed by atoms with van der Waals surface area (Å²) in [5.74, 6) is -1.05. The Balaban J connectivity index is 2.48. The maximum absolute atomic E-state index is 13.7. The van der Waals surface area contributed by atoms with Crippen LogP contribution < -0.4 is 0 Å². The van der Waals surface area contributed by atoms with Crippen LogP contribution in [0.1, 0.15) is 25.3 Å². The minimum atomic E-state index is -1.32. The Kier molecular flexibility index (Phi) is 2.59. The lowest BCUT2D eigenvalue weighted by Crippen LogP contribution is -2.41. The van der Waals surface area contributed by atoms with Crippen LogP contribution >= 0.6 is 15.9 Å². The van der Waals surface area contributed by atoms with Crippen LogP contribution in [0.4, 0.5) is 8.78 Å². The fraction of sp³-hybridized carbons (Fsp3) is 0.455. The number of hydrogen-bond acceptors (Lipinski definition) is 1. The summed E-state index contributed by atoms with van der Waals surface area (Å²) in [5.41, 5.74) is -1.52. The van der Waals surface area contributed by atoms with Crippen LogP contribution in [0.2, 0.25) is 0 Å². The molecule has 1 aliphatic rings. The predicted octanol–water partition coefficient (Wildman–Crippen LogP) is 3.34. The van der Waals surface area contributed by atoms with Crippen molar-refractivity contribution < 1.29 is 13.9 Å². The maximum atomic E-state index is 13.7. The molecule has 0 saturated heterocycles. The molecule has 0 spiro atoms. The topological polar surface area (TPSA) is 20.2 Å². The minimum Gasteiger partial charge on any atom is -0.385 e. The van der Waals surface area contributed by atoms with E-state index in [0.717, 1.165) is 0 Å². The van der Waals surface area contributed by atoms with E-state index >= 15 is 0 Å². The van der Waals surface area contributed by atoms with Gasteiger partial charge in [0.05, 0.1) is 15.6 Å². The molecule has 1 N–H and O–H groups in total. The smallest absolute Gasteiger partial charge is 0.146 e. The molecule has 1 aromatic rings. The zero-order valence-corrected chi connectivity index (χ0v) is 9.81. The van der Waals surface area contributed by atoms with Crippen molar-refractivity contribution in [1.82, 2.24) is 0 Å². The summed E-state index contributed by atoms with van der Waals surface area (Å²) in [6, 6.07) is 2.48. The fourth-order valence-electron chi connectivity index (χ4n) is 2.25. The molecule has 0 unspecified atom stereocenters. The lowest BCUT2D eigenvalue weighted by Gasteiger charge is -2.42. The van der Waals surface area contributed by atoms with Crippen LogP contribution in [0.3, 0.4) is 0 Å². The van der Waals surface area contributed by atoms with Gasteiger partial charge in [0.1, 0.15) is 11.6 Å². The van der Waals surface area contributed by atoms with Crippen LogP contribution in [0.25, 0.3) is 0 Å². The second-order valence-corrected chi connectivity index (χ2v) is 5.12. The Labute approximate surface area is 95.2 Å². The average Bonchev–Trinajstić information content (AvgIpc) is 2.10. The van der Waals surface area contributed by atoms with Gasteiger partial charge in [0.2, 0.25) is 0 Å². The van der Waals surface area contributed by atoms with E-state index in [1.807, 2.05) is 6.92 Å². The van der Waals surface area contributed by atoms with E-state index in [9.17, 15) is 13.9 Å². The SMILES string of the molecule is CC1CC(O)(c2c(F)ccc(Br)c2F)C1. The molecule has 4 heteroatoms. The standard InChI is InChI=1S/C11H11BrF2O/c1-6-4-11(15,5-6)9-8(13)3-2-7(12)10(9)14/h2-3,6,15H,4-5H2,1H3. The van der Waals surface area contributed by atoms with Crippen LogP contribution in [0.15, 0.2) is 16.6 Å². The van der Waals surface area contributed by atoms with Crippen molar-refractivity contribution >= 4 is 15.9 Å². The highest BCUT2D eigenvalue weighted by Crippen LogP contribution is 2.47. The van der Waals surface area contributed by atoms with E-state index in [4.69, 9.17) is 0 Å². The van der Waals surface area contributed by atoms with E-state index in [1.165, 1.54) is 12.1 Å². The summed E-state index contributed by atoms with van der Waals surface area (Å²) in [7, 11) is 0. The highest BCUT2D eigenvalue weighted by atomic mass is 79.9. The summed E-state index contributed by atoms with van der Waals surface area (Å²) >= 11 is 2.99. The van der Waals surface area contributed by atoms with Crippen molar-refractivity contribution in [3.8, 4) is 0 Å². The summed E-state index contributed by atoms with van der Waals surface area (Å²) in [6.45, 7) is 1.95. The molecule has 0 aliphatic heterocycles. The third kappa shape index (κ3) is 1.70. The van der Waals surface area contributed by atoms with Gasteiger partial charge in [0, 0.05) is 0 Å². The van der Waals surface area contributed by atoms with Crippen molar-refractivity contribution in [1.29, 1.82) is 0 Å². The third-order valence-corrected chi connectivity index (χ3v) is 3.49. The zero-order valence-electron chi connectivity index (χ0n) is 8.23. The van der Waals surface area contributed by atoms with Gasteiger partial charge in [-0.2, -0.15) is 0 Å². The summed E-state index contributed by atoms with van der Waals surface area (Å²) < 4.78 is 27.3. The Hall–Kier alpha value is -0.480. The number of aliphatic hydroxyl groups is 1. The van der Waals surface area contributed by atoms with Crippen LogP contribution in [-0.2, 0) is 5.60 Å². The van der Waals surface area contributed by atoms with Gasteiger partial charge in [-0.1, -0.05) is 6.92 Å². The van der Waals surface area contributed by atoms with Gasteiger partial charge >= 0.3 is 0 Å². The zero-order chi connectivity index (χ0) is 11.2. The summed E-state index contributed by atoms with van der Waals surface area (Å²) in [6.07, 6.45) is 0.828. The second kappa shape index (κ2) is 3.52. The van der Waals surface area contributed by atoms with Gasteiger partial charge in [0.15, 0.2) is 0 Å². The van der Waals surface area contributed by atoms with Gasteiger partial charge in [-0.3, -0.25) is 0 Å². The van der Waals surface area contributed by atoms with Crippen molar-refractivity contribution in [2.24, 2.45) is 5.92 Å². The predicted molar refractivity (Wildman–Crippen MR) is 56.4 cm³/mol. The van der Waals surface area contributed by atoms with E-state index in [-0.39, 0.29) is 10.0 Å². The van der Waals surface area contributed by atoms with Crippen LogP contribution in [-0.4, -0.2) is 5.11 Å². The van der Waals surface area contributed by atoms with E-state index in [0.29, 0.717) is 18.8 Å². The van der Waals surface area contributed by atoms with Gasteiger partial charge in [0.25, 0.3) is 0 Å². The molecule has 1 fully saturated rings. The normalized spacial score (nSPS) is 30.1.